The van der Waals surface area contributed by atoms with E-state index in [1.54, 1.807) is 0 Å². The number of benzene rings is 1. The van der Waals surface area contributed by atoms with Crippen molar-refractivity contribution < 1.29 is 9.59 Å². The molecule has 1 fully saturated rings. The summed E-state index contributed by atoms with van der Waals surface area (Å²) in [4.78, 5) is 25.7. The maximum absolute atomic E-state index is 11.9. The zero-order valence-corrected chi connectivity index (χ0v) is 14.4. The Morgan fingerprint density at radius 2 is 2.08 bits per heavy atom. The smallest absolute Gasteiger partial charge is 0.223 e. The highest BCUT2D eigenvalue weighted by molar-refractivity contribution is 5.81. The van der Waals surface area contributed by atoms with E-state index in [1.165, 1.54) is 17.7 Å². The van der Waals surface area contributed by atoms with E-state index in [0.29, 0.717) is 25.9 Å². The second kappa shape index (κ2) is 7.69. The number of aryl methyl sites for hydroxylation is 1. The molecule has 5 nitrogen and oxygen atoms in total. The van der Waals surface area contributed by atoms with Crippen LogP contribution in [0.1, 0.15) is 43.2 Å². The lowest BCUT2D eigenvalue weighted by molar-refractivity contribution is -0.123. The van der Waals surface area contributed by atoms with Crippen molar-refractivity contribution in [1.29, 1.82) is 0 Å². The van der Waals surface area contributed by atoms with Gasteiger partial charge in [-0.3, -0.25) is 9.59 Å². The first-order valence-electron chi connectivity index (χ1n) is 9.01. The normalized spacial score (nSPS) is 16.5. The summed E-state index contributed by atoms with van der Waals surface area (Å²) < 4.78 is 0. The molecule has 1 aromatic rings. The van der Waals surface area contributed by atoms with Crippen molar-refractivity contribution in [3.63, 3.8) is 0 Å². The van der Waals surface area contributed by atoms with Gasteiger partial charge in [0.05, 0.1) is 0 Å². The van der Waals surface area contributed by atoms with Crippen LogP contribution in [-0.4, -0.2) is 32.0 Å². The summed E-state index contributed by atoms with van der Waals surface area (Å²) >= 11 is 0. The van der Waals surface area contributed by atoms with Crippen molar-refractivity contribution in [1.82, 2.24) is 10.6 Å². The molecule has 2 N–H and O–H groups in total. The molecule has 0 radical (unpaired) electrons. The first-order chi connectivity index (χ1) is 11.6. The van der Waals surface area contributed by atoms with Gasteiger partial charge >= 0.3 is 0 Å². The molecule has 1 aromatic carbocycles. The van der Waals surface area contributed by atoms with Gasteiger partial charge in [0.1, 0.15) is 0 Å². The Morgan fingerprint density at radius 3 is 2.88 bits per heavy atom. The minimum Gasteiger partial charge on any atom is -0.374 e. The van der Waals surface area contributed by atoms with Crippen LogP contribution in [0.15, 0.2) is 18.2 Å². The largest absolute Gasteiger partial charge is 0.374 e. The molecule has 0 bridgehead atoms. The first-order valence-corrected chi connectivity index (χ1v) is 9.01. The highest BCUT2D eigenvalue weighted by Gasteiger charge is 2.28. The van der Waals surface area contributed by atoms with Crippen molar-refractivity contribution in [3.8, 4) is 0 Å². The minimum absolute atomic E-state index is 0.0468. The van der Waals surface area contributed by atoms with Crippen LogP contribution >= 0.6 is 0 Å². The summed E-state index contributed by atoms with van der Waals surface area (Å²) in [5.41, 5.74) is 3.83. The van der Waals surface area contributed by atoms with E-state index in [2.05, 4.69) is 40.8 Å². The van der Waals surface area contributed by atoms with Crippen molar-refractivity contribution in [3.05, 3.63) is 29.3 Å². The summed E-state index contributed by atoms with van der Waals surface area (Å²) in [6.45, 7) is 2.28. The molecule has 0 saturated heterocycles. The SMILES string of the molecule is CN1CCCc2cc(CNC(=O)CCCNC(=O)C3CC3)ccc21. The van der Waals surface area contributed by atoms with E-state index in [0.717, 1.165) is 31.4 Å². The fourth-order valence-electron chi connectivity index (χ4n) is 3.19. The van der Waals surface area contributed by atoms with Gasteiger partial charge in [-0.2, -0.15) is 0 Å². The Morgan fingerprint density at radius 1 is 1.25 bits per heavy atom. The van der Waals surface area contributed by atoms with Gasteiger partial charge in [0, 0.05) is 44.7 Å². The van der Waals surface area contributed by atoms with Crippen LogP contribution in [0, 0.1) is 5.92 Å². The fraction of sp³-hybridized carbons (Fsp3) is 0.579. The topological polar surface area (TPSA) is 61.4 Å². The van der Waals surface area contributed by atoms with Gasteiger partial charge < -0.3 is 15.5 Å². The lowest BCUT2D eigenvalue weighted by Gasteiger charge is -2.27. The third kappa shape index (κ3) is 4.49. The van der Waals surface area contributed by atoms with Gasteiger partial charge in [-0.25, -0.2) is 0 Å². The molecule has 1 aliphatic heterocycles. The van der Waals surface area contributed by atoms with Crippen LogP contribution in [0.3, 0.4) is 0 Å². The summed E-state index contributed by atoms with van der Waals surface area (Å²) in [6, 6.07) is 6.46. The number of amides is 2. The Bertz CT molecular complexity index is 611. The number of anilines is 1. The van der Waals surface area contributed by atoms with Crippen LogP contribution in [0.5, 0.6) is 0 Å². The van der Waals surface area contributed by atoms with E-state index in [1.807, 2.05) is 0 Å². The standard InChI is InChI=1S/C19H27N3O2/c1-22-11-3-4-16-12-14(6-9-17(16)22)13-21-18(23)5-2-10-20-19(24)15-7-8-15/h6,9,12,15H,2-5,7-8,10-11,13H2,1H3,(H,20,24)(H,21,23). The predicted octanol–water partition coefficient (Wildman–Crippen LogP) is 1.99. The molecule has 0 spiro atoms. The van der Waals surface area contributed by atoms with Crippen LogP contribution in [0.2, 0.25) is 0 Å². The highest BCUT2D eigenvalue weighted by atomic mass is 16.2. The van der Waals surface area contributed by atoms with E-state index >= 15 is 0 Å². The van der Waals surface area contributed by atoms with Gasteiger partial charge in [0.15, 0.2) is 0 Å². The average molecular weight is 329 g/mol. The lowest BCUT2D eigenvalue weighted by Crippen LogP contribution is -2.28. The number of hydrogen-bond donors (Lipinski definition) is 2. The van der Waals surface area contributed by atoms with Gasteiger partial charge in [0.25, 0.3) is 0 Å². The van der Waals surface area contributed by atoms with Crippen molar-refractivity contribution in [2.45, 2.75) is 45.1 Å². The van der Waals surface area contributed by atoms with E-state index in [9.17, 15) is 9.59 Å². The van der Waals surface area contributed by atoms with Crippen LogP contribution in [-0.2, 0) is 22.6 Å². The van der Waals surface area contributed by atoms with Gasteiger partial charge in [-0.05, 0) is 49.3 Å². The first kappa shape index (κ1) is 16.8. The molecule has 0 aromatic heterocycles. The monoisotopic (exact) mass is 329 g/mol. The average Bonchev–Trinajstić information content (AvgIpc) is 3.42. The van der Waals surface area contributed by atoms with Gasteiger partial charge in [0.2, 0.25) is 11.8 Å². The fourth-order valence-corrected chi connectivity index (χ4v) is 3.19. The van der Waals surface area contributed by atoms with Crippen LogP contribution < -0.4 is 15.5 Å². The quantitative estimate of drug-likeness (QED) is 0.752. The zero-order valence-electron chi connectivity index (χ0n) is 14.4. The summed E-state index contributed by atoms with van der Waals surface area (Å²) in [6.07, 6.45) is 5.48. The Hall–Kier alpha value is -2.04. The molecule has 5 heteroatoms. The maximum Gasteiger partial charge on any atom is 0.223 e. The highest BCUT2D eigenvalue weighted by Crippen LogP contribution is 2.28. The molecule has 1 heterocycles. The van der Waals surface area contributed by atoms with E-state index in [4.69, 9.17) is 0 Å². The number of nitrogens with one attached hydrogen (secondary N) is 2. The summed E-state index contributed by atoms with van der Waals surface area (Å²) in [7, 11) is 2.13. The summed E-state index contributed by atoms with van der Waals surface area (Å²) in [5.74, 6) is 0.432. The second-order valence-electron chi connectivity index (χ2n) is 6.93. The molecule has 130 valence electrons. The molecule has 3 rings (SSSR count). The predicted molar refractivity (Wildman–Crippen MR) is 94.8 cm³/mol. The van der Waals surface area contributed by atoms with Gasteiger partial charge in [-0.1, -0.05) is 12.1 Å². The maximum atomic E-state index is 11.9. The third-order valence-corrected chi connectivity index (χ3v) is 4.81. The molecule has 1 saturated carbocycles. The van der Waals surface area contributed by atoms with E-state index < -0.39 is 0 Å². The number of carbonyl (C=O) groups excluding carboxylic acids is 2. The number of rotatable bonds is 7. The molecule has 1 aliphatic carbocycles. The number of carbonyl (C=O) groups is 2. The molecule has 2 amide bonds. The zero-order chi connectivity index (χ0) is 16.9. The van der Waals surface area contributed by atoms with E-state index in [-0.39, 0.29) is 17.7 Å². The number of fused-ring (bicyclic) bond motifs is 1. The molecule has 2 aliphatic rings. The van der Waals surface area contributed by atoms with Crippen molar-refractivity contribution in [2.75, 3.05) is 25.0 Å². The molecule has 0 unspecified atom stereocenters. The molecular formula is C19H27N3O2. The third-order valence-electron chi connectivity index (χ3n) is 4.81. The lowest BCUT2D eigenvalue weighted by atomic mass is 9.99. The van der Waals surface area contributed by atoms with Crippen LogP contribution in [0.4, 0.5) is 5.69 Å². The number of nitrogens with zero attached hydrogens (tertiary/aromatic N) is 1. The van der Waals surface area contributed by atoms with Crippen LogP contribution in [0.25, 0.3) is 0 Å². The van der Waals surface area contributed by atoms with Gasteiger partial charge in [-0.15, -0.1) is 0 Å². The summed E-state index contributed by atoms with van der Waals surface area (Å²) in [5, 5.41) is 5.86. The van der Waals surface area contributed by atoms with Crippen molar-refractivity contribution >= 4 is 17.5 Å². The van der Waals surface area contributed by atoms with Crippen molar-refractivity contribution in [2.24, 2.45) is 5.92 Å². The second-order valence-corrected chi connectivity index (χ2v) is 6.93. The molecule has 24 heavy (non-hydrogen) atoms. The number of hydrogen-bond acceptors (Lipinski definition) is 3. The molecular weight excluding hydrogens is 302 g/mol. The Balaban J connectivity index is 1.37. The minimum atomic E-state index is 0.0468. The Labute approximate surface area is 143 Å². The Kier molecular flexibility index (Phi) is 5.38. The molecule has 0 atom stereocenters.